The average Bonchev–Trinajstić information content (AvgIpc) is 3.35. The molecule has 140 valence electrons. The molecule has 28 heavy (non-hydrogen) atoms. The summed E-state index contributed by atoms with van der Waals surface area (Å²) in [5.74, 6) is 1.58. The van der Waals surface area contributed by atoms with Gasteiger partial charge >= 0.3 is 0 Å². The van der Waals surface area contributed by atoms with Crippen LogP contribution in [0.3, 0.4) is 0 Å². The second-order valence-electron chi connectivity index (χ2n) is 6.09. The number of imidazole rings is 1. The molecule has 0 aliphatic carbocycles. The molecular weight excluding hydrogens is 374 g/mol. The maximum absolute atomic E-state index is 12.1. The molecule has 1 N–H and O–H groups in total. The van der Waals surface area contributed by atoms with Crippen LogP contribution < -0.4 is 10.1 Å². The van der Waals surface area contributed by atoms with Gasteiger partial charge in [-0.3, -0.25) is 9.36 Å². The first-order valence-corrected chi connectivity index (χ1v) is 9.49. The lowest BCUT2D eigenvalue weighted by atomic mass is 10.2. The number of ether oxygens (including phenoxy) is 1. The summed E-state index contributed by atoms with van der Waals surface area (Å²) in [6, 6.07) is 10.7. The highest BCUT2D eigenvalue weighted by atomic mass is 32.1. The summed E-state index contributed by atoms with van der Waals surface area (Å²) in [6.45, 7) is 3.93. The Morgan fingerprint density at radius 1 is 1.11 bits per heavy atom. The maximum Gasteiger partial charge on any atom is 0.256 e. The van der Waals surface area contributed by atoms with E-state index in [0.717, 1.165) is 11.4 Å². The van der Waals surface area contributed by atoms with Crippen LogP contribution in [0.2, 0.25) is 0 Å². The van der Waals surface area contributed by atoms with Crippen molar-refractivity contribution in [1.29, 1.82) is 0 Å². The molecule has 0 saturated carbocycles. The molecule has 4 rings (SSSR count). The molecule has 8 heteroatoms. The fourth-order valence-corrected chi connectivity index (χ4v) is 3.21. The highest BCUT2D eigenvalue weighted by Crippen LogP contribution is 2.23. The van der Waals surface area contributed by atoms with Crippen LogP contribution in [0.25, 0.3) is 5.82 Å². The molecule has 0 spiro atoms. The van der Waals surface area contributed by atoms with E-state index in [1.54, 1.807) is 42.7 Å². The normalized spacial score (nSPS) is 10.6. The molecular formula is C20H17N5O2S. The Kier molecular flexibility index (Phi) is 4.86. The number of carbonyl (C=O) groups is 1. The molecule has 3 heterocycles. The lowest BCUT2D eigenvalue weighted by Crippen LogP contribution is -2.10. The summed E-state index contributed by atoms with van der Waals surface area (Å²) in [7, 11) is 0. The van der Waals surface area contributed by atoms with Gasteiger partial charge in [-0.2, -0.15) is 11.3 Å². The molecule has 7 nitrogen and oxygen atoms in total. The van der Waals surface area contributed by atoms with Crippen LogP contribution in [0.15, 0.2) is 59.8 Å². The first-order chi connectivity index (χ1) is 13.6. The van der Waals surface area contributed by atoms with Crippen molar-refractivity contribution in [3.05, 3.63) is 76.8 Å². The Morgan fingerprint density at radius 2 is 1.93 bits per heavy atom. The predicted molar refractivity (Wildman–Crippen MR) is 107 cm³/mol. The number of amides is 1. The van der Waals surface area contributed by atoms with E-state index in [9.17, 15) is 4.79 Å². The van der Waals surface area contributed by atoms with E-state index in [-0.39, 0.29) is 5.91 Å². The van der Waals surface area contributed by atoms with Gasteiger partial charge < -0.3 is 10.1 Å². The Bertz CT molecular complexity index is 1100. The van der Waals surface area contributed by atoms with Crippen molar-refractivity contribution < 1.29 is 9.53 Å². The third kappa shape index (κ3) is 3.77. The number of aryl methyl sites for hydroxylation is 1. The van der Waals surface area contributed by atoms with Gasteiger partial charge in [0.25, 0.3) is 5.91 Å². The predicted octanol–water partition coefficient (Wildman–Crippen LogP) is 4.39. The van der Waals surface area contributed by atoms with E-state index in [1.807, 2.05) is 29.2 Å². The van der Waals surface area contributed by atoms with Gasteiger partial charge in [0.1, 0.15) is 24.2 Å². The standard InChI is InChI=1S/C20H17N5O2S/c1-13-14(2)25(12-23-13)18-9-19(22-11-21-18)27-17-5-3-16(4-6-17)24-20(26)15-7-8-28-10-15/h3-12H,1-2H3,(H,24,26). The summed E-state index contributed by atoms with van der Waals surface area (Å²) >= 11 is 1.49. The van der Waals surface area contributed by atoms with E-state index < -0.39 is 0 Å². The van der Waals surface area contributed by atoms with Crippen LogP contribution in [0.1, 0.15) is 21.7 Å². The number of nitrogens with one attached hydrogen (secondary N) is 1. The number of rotatable bonds is 5. The van der Waals surface area contributed by atoms with Crippen LogP contribution >= 0.6 is 11.3 Å². The minimum absolute atomic E-state index is 0.138. The minimum Gasteiger partial charge on any atom is -0.439 e. The van der Waals surface area contributed by atoms with Crippen molar-refractivity contribution in [2.75, 3.05) is 5.32 Å². The van der Waals surface area contributed by atoms with Gasteiger partial charge in [0.05, 0.1) is 11.3 Å². The summed E-state index contributed by atoms with van der Waals surface area (Å²) < 4.78 is 7.71. The first kappa shape index (κ1) is 17.9. The topological polar surface area (TPSA) is 81.9 Å². The molecule has 0 aliphatic heterocycles. The zero-order chi connectivity index (χ0) is 19.5. The monoisotopic (exact) mass is 391 g/mol. The van der Waals surface area contributed by atoms with Crippen LogP contribution in [0.4, 0.5) is 5.69 Å². The SMILES string of the molecule is Cc1ncn(-c2cc(Oc3ccc(NC(=O)c4ccsc4)cc3)ncn2)c1C. The quantitative estimate of drug-likeness (QED) is 0.546. The Labute approximate surface area is 165 Å². The third-order valence-electron chi connectivity index (χ3n) is 4.24. The van der Waals surface area contributed by atoms with Gasteiger partial charge in [-0.1, -0.05) is 0 Å². The number of benzene rings is 1. The minimum atomic E-state index is -0.138. The molecule has 0 bridgehead atoms. The largest absolute Gasteiger partial charge is 0.439 e. The lowest BCUT2D eigenvalue weighted by molar-refractivity contribution is 0.102. The Morgan fingerprint density at radius 3 is 2.61 bits per heavy atom. The van der Waals surface area contributed by atoms with Gasteiger partial charge in [-0.05, 0) is 49.6 Å². The van der Waals surface area contributed by atoms with E-state index in [0.29, 0.717) is 28.7 Å². The van der Waals surface area contributed by atoms with Crippen molar-refractivity contribution in [2.45, 2.75) is 13.8 Å². The number of carbonyl (C=O) groups excluding carboxylic acids is 1. The Hall–Kier alpha value is -3.52. The van der Waals surface area contributed by atoms with Crippen molar-refractivity contribution >= 4 is 22.9 Å². The highest BCUT2D eigenvalue weighted by Gasteiger charge is 2.09. The molecule has 0 atom stereocenters. The second kappa shape index (κ2) is 7.61. The Balaban J connectivity index is 1.47. The molecule has 3 aromatic heterocycles. The van der Waals surface area contributed by atoms with Crippen molar-refractivity contribution in [3.8, 4) is 17.4 Å². The molecule has 0 saturated heterocycles. The van der Waals surface area contributed by atoms with Crippen molar-refractivity contribution in [2.24, 2.45) is 0 Å². The smallest absolute Gasteiger partial charge is 0.256 e. The summed E-state index contributed by atoms with van der Waals surface area (Å²) in [5.41, 5.74) is 3.29. The van der Waals surface area contributed by atoms with Gasteiger partial charge in [0, 0.05) is 22.8 Å². The third-order valence-corrected chi connectivity index (χ3v) is 4.93. The highest BCUT2D eigenvalue weighted by molar-refractivity contribution is 7.08. The fraction of sp³-hybridized carbons (Fsp3) is 0.100. The molecule has 1 amide bonds. The average molecular weight is 391 g/mol. The number of hydrogen-bond donors (Lipinski definition) is 1. The van der Waals surface area contributed by atoms with Gasteiger partial charge in [0.15, 0.2) is 0 Å². The number of aromatic nitrogens is 4. The molecule has 1 aromatic carbocycles. The zero-order valence-corrected chi connectivity index (χ0v) is 16.1. The summed E-state index contributed by atoms with van der Waals surface area (Å²) in [6.07, 6.45) is 3.18. The van der Waals surface area contributed by atoms with Crippen LogP contribution in [-0.4, -0.2) is 25.4 Å². The van der Waals surface area contributed by atoms with Crippen molar-refractivity contribution in [1.82, 2.24) is 19.5 Å². The summed E-state index contributed by atoms with van der Waals surface area (Å²) in [4.78, 5) is 24.8. The van der Waals surface area contributed by atoms with Gasteiger partial charge in [-0.15, -0.1) is 0 Å². The molecule has 0 radical (unpaired) electrons. The van der Waals surface area contributed by atoms with Crippen LogP contribution in [-0.2, 0) is 0 Å². The lowest BCUT2D eigenvalue weighted by Gasteiger charge is -2.09. The summed E-state index contributed by atoms with van der Waals surface area (Å²) in [5, 5.41) is 6.53. The number of thiophene rings is 1. The number of nitrogens with zero attached hydrogens (tertiary/aromatic N) is 4. The van der Waals surface area contributed by atoms with E-state index >= 15 is 0 Å². The molecule has 4 aromatic rings. The van der Waals surface area contributed by atoms with Crippen LogP contribution in [0.5, 0.6) is 11.6 Å². The van der Waals surface area contributed by atoms with Gasteiger partial charge in [0.2, 0.25) is 5.88 Å². The zero-order valence-electron chi connectivity index (χ0n) is 15.3. The van der Waals surface area contributed by atoms with E-state index in [4.69, 9.17) is 4.74 Å². The molecule has 0 aliphatic rings. The van der Waals surface area contributed by atoms with Crippen molar-refractivity contribution in [3.63, 3.8) is 0 Å². The fourth-order valence-electron chi connectivity index (χ4n) is 2.57. The first-order valence-electron chi connectivity index (χ1n) is 8.54. The second-order valence-corrected chi connectivity index (χ2v) is 6.87. The number of hydrogen-bond acceptors (Lipinski definition) is 6. The maximum atomic E-state index is 12.1. The molecule has 0 fully saturated rings. The van der Waals surface area contributed by atoms with E-state index in [2.05, 4.69) is 20.3 Å². The number of anilines is 1. The van der Waals surface area contributed by atoms with E-state index in [1.165, 1.54) is 17.7 Å². The van der Waals surface area contributed by atoms with Crippen LogP contribution in [0, 0.1) is 13.8 Å². The van der Waals surface area contributed by atoms with Gasteiger partial charge in [-0.25, -0.2) is 15.0 Å². The molecule has 0 unspecified atom stereocenters.